The first-order valence-electron chi connectivity index (χ1n) is 6.42. The van der Waals surface area contributed by atoms with Crippen LogP contribution in [0.5, 0.6) is 0 Å². The molecule has 112 valence electrons. The molecule has 0 radical (unpaired) electrons. The van der Waals surface area contributed by atoms with E-state index in [1.54, 1.807) is 6.20 Å². The van der Waals surface area contributed by atoms with Crippen molar-refractivity contribution in [1.29, 1.82) is 0 Å². The van der Waals surface area contributed by atoms with Gasteiger partial charge in [0, 0.05) is 10.0 Å². The number of hydrogen-bond acceptors (Lipinski definition) is 2. The van der Waals surface area contributed by atoms with Crippen molar-refractivity contribution < 1.29 is 64.3 Å². The van der Waals surface area contributed by atoms with Crippen LogP contribution in [0.15, 0.2) is 59.2 Å². The van der Waals surface area contributed by atoms with Gasteiger partial charge in [-0.05, 0) is 24.3 Å². The van der Waals surface area contributed by atoms with Crippen LogP contribution in [-0.2, 0) is 0 Å². The quantitative estimate of drug-likeness (QED) is 0.602. The van der Waals surface area contributed by atoms with E-state index in [4.69, 9.17) is 0 Å². The van der Waals surface area contributed by atoms with Crippen molar-refractivity contribution in [1.82, 2.24) is 15.0 Å². The first-order chi connectivity index (χ1) is 10.4. The third-order valence-corrected chi connectivity index (χ3v) is 3.70. The van der Waals surface area contributed by atoms with E-state index in [9.17, 15) is 12.9 Å². The molecule has 0 N–H and O–H groups in total. The van der Waals surface area contributed by atoms with Crippen LogP contribution in [0.1, 0.15) is 0 Å². The van der Waals surface area contributed by atoms with Gasteiger partial charge in [-0.25, -0.2) is 4.68 Å². The molecular formula is C14H9BBrF3KN3. The number of rotatable bonds is 3. The largest absolute Gasteiger partial charge is 1.00 e. The maximum Gasteiger partial charge on any atom is 1.00 e. The molecule has 0 aliphatic heterocycles. The van der Waals surface area contributed by atoms with Gasteiger partial charge in [0.05, 0.1) is 11.9 Å². The van der Waals surface area contributed by atoms with Crippen molar-refractivity contribution in [3.63, 3.8) is 0 Å². The molecule has 0 aliphatic carbocycles. The molecule has 0 saturated heterocycles. The molecule has 3 rings (SSSR count). The standard InChI is InChI=1S/C14H9BBrF3N3.K/c16-12-5-1-10(2-6-12)14-9-22(21-20-14)13-7-3-11(4-8-13)15(17,18)19;/h1-9H;/q-1;+1. The van der Waals surface area contributed by atoms with Crippen molar-refractivity contribution in [3.05, 3.63) is 59.2 Å². The number of halogens is 4. The number of hydrogen-bond donors (Lipinski definition) is 0. The molecule has 1 heterocycles. The second-order valence-electron chi connectivity index (χ2n) is 4.72. The molecule has 0 bridgehead atoms. The van der Waals surface area contributed by atoms with Gasteiger partial charge < -0.3 is 12.9 Å². The van der Waals surface area contributed by atoms with Crippen molar-refractivity contribution in [2.24, 2.45) is 0 Å². The summed E-state index contributed by atoms with van der Waals surface area (Å²) in [4.78, 5) is 0. The van der Waals surface area contributed by atoms with Gasteiger partial charge in [-0.2, -0.15) is 0 Å². The van der Waals surface area contributed by atoms with E-state index in [1.165, 1.54) is 16.8 Å². The van der Waals surface area contributed by atoms with Gasteiger partial charge in [-0.1, -0.05) is 45.4 Å². The molecule has 23 heavy (non-hydrogen) atoms. The van der Waals surface area contributed by atoms with Crippen LogP contribution in [0.2, 0.25) is 0 Å². The van der Waals surface area contributed by atoms with Crippen LogP contribution >= 0.6 is 15.9 Å². The molecule has 0 fully saturated rings. The summed E-state index contributed by atoms with van der Waals surface area (Å²) in [5.41, 5.74) is 1.43. The molecule has 0 saturated carbocycles. The third kappa shape index (κ3) is 4.55. The Morgan fingerprint density at radius 1 is 0.913 bits per heavy atom. The van der Waals surface area contributed by atoms with Crippen molar-refractivity contribution in [2.45, 2.75) is 0 Å². The average Bonchev–Trinajstić information content (AvgIpc) is 2.97. The Labute approximate surface area is 181 Å². The zero-order valence-corrected chi connectivity index (χ0v) is 16.8. The normalized spacial score (nSPS) is 11.1. The number of benzene rings is 2. The van der Waals surface area contributed by atoms with E-state index >= 15 is 0 Å². The van der Waals surface area contributed by atoms with Gasteiger partial charge in [0.25, 0.3) is 0 Å². The molecule has 0 unspecified atom stereocenters. The second-order valence-corrected chi connectivity index (χ2v) is 5.64. The van der Waals surface area contributed by atoms with Crippen molar-refractivity contribution in [2.75, 3.05) is 0 Å². The summed E-state index contributed by atoms with van der Waals surface area (Å²) in [6.07, 6.45) is 1.68. The zero-order valence-electron chi connectivity index (χ0n) is 12.1. The van der Waals surface area contributed by atoms with Crippen LogP contribution in [0.4, 0.5) is 12.9 Å². The molecule has 9 heteroatoms. The Morgan fingerprint density at radius 3 is 2.09 bits per heavy atom. The fourth-order valence-corrected chi connectivity index (χ4v) is 2.25. The summed E-state index contributed by atoms with van der Waals surface area (Å²) in [6.45, 7) is -4.98. The van der Waals surface area contributed by atoms with Gasteiger partial charge in [-0.3, -0.25) is 0 Å². The van der Waals surface area contributed by atoms with E-state index in [2.05, 4.69) is 26.2 Å². The van der Waals surface area contributed by atoms with Gasteiger partial charge >= 0.3 is 58.4 Å². The first-order valence-corrected chi connectivity index (χ1v) is 7.21. The SMILES string of the molecule is F[B-](F)(F)c1ccc(-n2cc(-c3ccc(Br)cc3)nn2)cc1.[K+]. The molecule has 2 aromatic carbocycles. The minimum Gasteiger partial charge on any atom is -0.445 e. The molecular weight excluding hydrogens is 397 g/mol. The smallest absolute Gasteiger partial charge is 0.445 e. The molecule has 0 spiro atoms. The van der Waals surface area contributed by atoms with Gasteiger partial charge in [-0.15, -0.1) is 10.6 Å². The van der Waals surface area contributed by atoms with E-state index in [1.807, 2.05) is 24.3 Å². The summed E-state index contributed by atoms with van der Waals surface area (Å²) in [5, 5.41) is 8.00. The zero-order chi connectivity index (χ0) is 15.7. The second kappa shape index (κ2) is 7.62. The molecule has 0 amide bonds. The van der Waals surface area contributed by atoms with Crippen LogP contribution in [-0.4, -0.2) is 22.0 Å². The molecule has 3 nitrogen and oxygen atoms in total. The monoisotopic (exact) mass is 405 g/mol. The summed E-state index contributed by atoms with van der Waals surface area (Å²) < 4.78 is 40.2. The van der Waals surface area contributed by atoms with Gasteiger partial charge in [0.2, 0.25) is 0 Å². The van der Waals surface area contributed by atoms with Gasteiger partial charge in [0.15, 0.2) is 0 Å². The summed E-state index contributed by atoms with van der Waals surface area (Å²) in [5.74, 6) is 0. The third-order valence-electron chi connectivity index (χ3n) is 3.17. The number of nitrogens with zero attached hydrogens (tertiary/aromatic N) is 3. The molecule has 1 aromatic heterocycles. The summed E-state index contributed by atoms with van der Waals surface area (Å²) in [7, 11) is 0. The van der Waals surface area contributed by atoms with E-state index < -0.39 is 12.4 Å². The minimum absolute atomic E-state index is 0. The molecule has 3 aromatic rings. The van der Waals surface area contributed by atoms with E-state index in [0.29, 0.717) is 11.4 Å². The topological polar surface area (TPSA) is 30.7 Å². The van der Waals surface area contributed by atoms with Crippen LogP contribution in [0.25, 0.3) is 16.9 Å². The molecule has 0 atom stereocenters. The predicted octanol–water partition coefficient (Wildman–Crippen LogP) is 0.755. The Hall–Kier alpha value is -0.449. The van der Waals surface area contributed by atoms with Crippen LogP contribution in [0, 0.1) is 0 Å². The Bertz CT molecular complexity index is 788. The Kier molecular flexibility index (Phi) is 6.26. The van der Waals surface area contributed by atoms with E-state index in [0.717, 1.165) is 22.2 Å². The van der Waals surface area contributed by atoms with Crippen molar-refractivity contribution >= 4 is 28.4 Å². The van der Waals surface area contributed by atoms with Crippen LogP contribution < -0.4 is 56.8 Å². The predicted molar refractivity (Wildman–Crippen MR) is 83.2 cm³/mol. The first kappa shape index (κ1) is 18.9. The van der Waals surface area contributed by atoms with Gasteiger partial charge in [0.1, 0.15) is 5.69 Å². The van der Waals surface area contributed by atoms with Crippen molar-refractivity contribution in [3.8, 4) is 16.9 Å². The fourth-order valence-electron chi connectivity index (χ4n) is 1.99. The summed E-state index contributed by atoms with van der Waals surface area (Å²) >= 11 is 3.35. The molecule has 0 aliphatic rings. The van der Waals surface area contributed by atoms with Crippen LogP contribution in [0.3, 0.4) is 0 Å². The Morgan fingerprint density at radius 2 is 1.52 bits per heavy atom. The minimum atomic E-state index is -4.98. The van der Waals surface area contributed by atoms with E-state index in [-0.39, 0.29) is 51.4 Å². The maximum absolute atomic E-state index is 12.6. The average molecular weight is 406 g/mol. The Balaban J connectivity index is 0.00000192. The maximum atomic E-state index is 12.6. The summed E-state index contributed by atoms with van der Waals surface area (Å²) in [6, 6.07) is 12.4. The fraction of sp³-hybridized carbons (Fsp3) is 0. The number of aromatic nitrogens is 3.